The molecule has 0 radical (unpaired) electrons. The second kappa shape index (κ2) is 6.72. The minimum atomic E-state index is -0.889. The zero-order valence-corrected chi connectivity index (χ0v) is 13.5. The van der Waals surface area contributed by atoms with Crippen molar-refractivity contribution >= 4 is 21.9 Å². The fourth-order valence-electron chi connectivity index (χ4n) is 2.90. The van der Waals surface area contributed by atoms with Gasteiger partial charge >= 0.3 is 5.97 Å². The number of nitrogens with one attached hydrogen (secondary N) is 1. The molecule has 0 aromatic heterocycles. The van der Waals surface area contributed by atoms with E-state index in [9.17, 15) is 4.79 Å². The molecule has 0 saturated heterocycles. The van der Waals surface area contributed by atoms with E-state index in [2.05, 4.69) is 28.2 Å². The molecule has 3 nitrogen and oxygen atoms in total. The van der Waals surface area contributed by atoms with Crippen LogP contribution in [0.3, 0.4) is 0 Å². The maximum Gasteiger partial charge on any atom is 0.335 e. The van der Waals surface area contributed by atoms with Crippen molar-refractivity contribution in [2.24, 2.45) is 5.41 Å². The molecule has 110 valence electrons. The van der Waals surface area contributed by atoms with Gasteiger partial charge in [-0.15, -0.1) is 0 Å². The normalized spacial score (nSPS) is 17.9. The number of carbonyl (C=O) groups is 1. The van der Waals surface area contributed by atoms with Gasteiger partial charge < -0.3 is 10.4 Å². The van der Waals surface area contributed by atoms with E-state index in [-0.39, 0.29) is 0 Å². The molecule has 4 heteroatoms. The molecule has 0 bridgehead atoms. The van der Waals surface area contributed by atoms with Crippen molar-refractivity contribution in [3.8, 4) is 0 Å². The molecular formula is C16H22BrNO2. The predicted octanol–water partition coefficient (Wildman–Crippen LogP) is 4.21. The van der Waals surface area contributed by atoms with E-state index < -0.39 is 5.97 Å². The average Bonchev–Trinajstić information content (AvgIpc) is 2.41. The zero-order chi connectivity index (χ0) is 14.6. The Morgan fingerprint density at radius 1 is 1.35 bits per heavy atom. The van der Waals surface area contributed by atoms with Gasteiger partial charge in [-0.1, -0.05) is 48.2 Å². The predicted molar refractivity (Wildman–Crippen MR) is 84.0 cm³/mol. The monoisotopic (exact) mass is 339 g/mol. The average molecular weight is 340 g/mol. The topological polar surface area (TPSA) is 49.3 Å². The second-order valence-electron chi connectivity index (χ2n) is 6.09. The third-order valence-corrected chi connectivity index (χ3v) is 4.97. The molecule has 1 aromatic carbocycles. The molecule has 0 atom stereocenters. The van der Waals surface area contributed by atoms with Crippen molar-refractivity contribution in [1.82, 2.24) is 5.32 Å². The van der Waals surface area contributed by atoms with Crippen LogP contribution in [0.15, 0.2) is 22.7 Å². The lowest BCUT2D eigenvalue weighted by molar-refractivity contribution is 0.0697. The first-order valence-corrected chi connectivity index (χ1v) is 8.02. The number of carboxylic acid groups (broad SMARTS) is 1. The van der Waals surface area contributed by atoms with E-state index in [0.717, 1.165) is 23.1 Å². The van der Waals surface area contributed by atoms with Crippen molar-refractivity contribution in [1.29, 1.82) is 0 Å². The van der Waals surface area contributed by atoms with Crippen LogP contribution in [0.2, 0.25) is 0 Å². The highest BCUT2D eigenvalue weighted by Gasteiger charge is 2.26. The Morgan fingerprint density at radius 2 is 2.05 bits per heavy atom. The highest BCUT2D eigenvalue weighted by atomic mass is 79.9. The molecule has 1 saturated carbocycles. The quantitative estimate of drug-likeness (QED) is 0.844. The van der Waals surface area contributed by atoms with E-state index in [1.54, 1.807) is 12.1 Å². The van der Waals surface area contributed by atoms with Gasteiger partial charge in [0.2, 0.25) is 0 Å². The Balaban J connectivity index is 1.89. The molecule has 2 N–H and O–H groups in total. The minimum Gasteiger partial charge on any atom is -0.478 e. The van der Waals surface area contributed by atoms with Crippen LogP contribution in [0.4, 0.5) is 0 Å². The molecule has 0 amide bonds. The van der Waals surface area contributed by atoms with Gasteiger partial charge in [0.1, 0.15) is 0 Å². The van der Waals surface area contributed by atoms with E-state index >= 15 is 0 Å². The number of hydrogen-bond donors (Lipinski definition) is 2. The molecular weight excluding hydrogens is 318 g/mol. The second-order valence-corrected chi connectivity index (χ2v) is 6.94. The van der Waals surface area contributed by atoms with Gasteiger partial charge in [-0.2, -0.15) is 0 Å². The van der Waals surface area contributed by atoms with Crippen molar-refractivity contribution in [2.45, 2.75) is 45.6 Å². The van der Waals surface area contributed by atoms with E-state index in [1.807, 2.05) is 6.07 Å². The Morgan fingerprint density at radius 3 is 2.65 bits per heavy atom. The van der Waals surface area contributed by atoms with E-state index in [4.69, 9.17) is 5.11 Å². The van der Waals surface area contributed by atoms with Gasteiger partial charge in [0.25, 0.3) is 0 Å². The lowest BCUT2D eigenvalue weighted by Gasteiger charge is -2.33. The lowest BCUT2D eigenvalue weighted by atomic mass is 9.76. The summed E-state index contributed by atoms with van der Waals surface area (Å²) in [4.78, 5) is 10.9. The van der Waals surface area contributed by atoms with Gasteiger partial charge in [0.15, 0.2) is 0 Å². The fourth-order valence-corrected chi connectivity index (χ4v) is 3.42. The summed E-state index contributed by atoms with van der Waals surface area (Å²) >= 11 is 3.45. The van der Waals surface area contributed by atoms with Crippen LogP contribution in [-0.2, 0) is 6.54 Å². The van der Waals surface area contributed by atoms with Crippen LogP contribution in [0, 0.1) is 5.41 Å². The first-order chi connectivity index (χ1) is 9.50. The summed E-state index contributed by atoms with van der Waals surface area (Å²) in [7, 11) is 0. The number of carboxylic acids is 1. The van der Waals surface area contributed by atoms with E-state index in [1.165, 1.54) is 32.1 Å². The Hall–Kier alpha value is -0.870. The van der Waals surface area contributed by atoms with Crippen LogP contribution < -0.4 is 5.32 Å². The van der Waals surface area contributed by atoms with Gasteiger partial charge in [-0.25, -0.2) is 4.79 Å². The van der Waals surface area contributed by atoms with Gasteiger partial charge in [-0.05, 0) is 36.0 Å². The maximum absolute atomic E-state index is 10.9. The highest BCUT2D eigenvalue weighted by molar-refractivity contribution is 9.10. The van der Waals surface area contributed by atoms with Crippen molar-refractivity contribution in [3.63, 3.8) is 0 Å². The van der Waals surface area contributed by atoms with Crippen LogP contribution in [-0.4, -0.2) is 17.6 Å². The Labute approximate surface area is 128 Å². The molecule has 1 aromatic rings. The standard InChI is InChI=1S/C16H22BrNO2/c1-16(7-3-2-4-8-16)11-18-10-13-6-5-12(15(19)20)9-14(13)17/h5-6,9,18H,2-4,7-8,10-11H2,1H3,(H,19,20). The SMILES string of the molecule is CC1(CNCc2ccc(C(=O)O)cc2Br)CCCCC1. The first-order valence-electron chi connectivity index (χ1n) is 7.23. The van der Waals surface area contributed by atoms with Crippen LogP contribution in [0.5, 0.6) is 0 Å². The largest absolute Gasteiger partial charge is 0.478 e. The molecule has 1 fully saturated rings. The smallest absolute Gasteiger partial charge is 0.335 e. The molecule has 0 spiro atoms. The van der Waals surface area contributed by atoms with Gasteiger partial charge in [-0.3, -0.25) is 0 Å². The van der Waals surface area contributed by atoms with Crippen LogP contribution in [0.25, 0.3) is 0 Å². The fraction of sp³-hybridized carbons (Fsp3) is 0.562. The molecule has 20 heavy (non-hydrogen) atoms. The summed E-state index contributed by atoms with van der Waals surface area (Å²) in [5.41, 5.74) is 1.85. The zero-order valence-electron chi connectivity index (χ0n) is 11.9. The number of aromatic carboxylic acids is 1. The molecule has 0 heterocycles. The van der Waals surface area contributed by atoms with Crippen LogP contribution >= 0.6 is 15.9 Å². The number of hydrogen-bond acceptors (Lipinski definition) is 2. The minimum absolute atomic E-state index is 0.319. The third kappa shape index (κ3) is 4.06. The number of rotatable bonds is 5. The molecule has 1 aliphatic rings. The van der Waals surface area contributed by atoms with Crippen molar-refractivity contribution < 1.29 is 9.90 Å². The number of halogens is 1. The molecule has 0 aliphatic heterocycles. The number of benzene rings is 1. The summed E-state index contributed by atoms with van der Waals surface area (Å²) in [6, 6.07) is 5.21. The van der Waals surface area contributed by atoms with Gasteiger partial charge in [0, 0.05) is 17.6 Å². The lowest BCUT2D eigenvalue weighted by Crippen LogP contribution is -2.33. The summed E-state index contributed by atoms with van der Waals surface area (Å²) in [6.07, 6.45) is 6.67. The Bertz CT molecular complexity index is 481. The Kier molecular flexibility index (Phi) is 5.22. The molecule has 2 rings (SSSR count). The third-order valence-electron chi connectivity index (χ3n) is 4.23. The van der Waals surface area contributed by atoms with Crippen molar-refractivity contribution in [2.75, 3.05) is 6.54 Å². The maximum atomic E-state index is 10.9. The summed E-state index contributed by atoms with van der Waals surface area (Å²) in [6.45, 7) is 4.16. The summed E-state index contributed by atoms with van der Waals surface area (Å²) < 4.78 is 0.860. The van der Waals surface area contributed by atoms with Crippen molar-refractivity contribution in [3.05, 3.63) is 33.8 Å². The van der Waals surface area contributed by atoms with Crippen LogP contribution in [0.1, 0.15) is 54.9 Å². The molecule has 1 aliphatic carbocycles. The first kappa shape index (κ1) is 15.5. The van der Waals surface area contributed by atoms with E-state index in [0.29, 0.717) is 11.0 Å². The molecule has 0 unspecified atom stereocenters. The van der Waals surface area contributed by atoms with Gasteiger partial charge in [0.05, 0.1) is 5.56 Å². The highest BCUT2D eigenvalue weighted by Crippen LogP contribution is 2.35. The summed E-state index contributed by atoms with van der Waals surface area (Å²) in [5.74, 6) is -0.889. The summed E-state index contributed by atoms with van der Waals surface area (Å²) in [5, 5.41) is 12.5.